The molecule has 102 valence electrons. The molecule has 4 nitrogen and oxygen atoms in total. The van der Waals surface area contributed by atoms with Gasteiger partial charge in [-0.2, -0.15) is 0 Å². The Kier molecular flexibility index (Phi) is 3.64. The van der Waals surface area contributed by atoms with E-state index >= 15 is 0 Å². The van der Waals surface area contributed by atoms with Gasteiger partial charge >= 0.3 is 7.12 Å². The lowest BCUT2D eigenvalue weighted by molar-refractivity contribution is 0.00578. The highest BCUT2D eigenvalue weighted by Gasteiger charge is 2.49. The average Bonchev–Trinajstić information content (AvgIpc) is 2.49. The molecule has 0 aromatic carbocycles. The highest BCUT2D eigenvalue weighted by molar-refractivity contribution is 6.52. The van der Waals surface area contributed by atoms with Crippen LogP contribution >= 0.6 is 11.6 Å². The number of hydrogen-bond donors (Lipinski definition) is 1. The van der Waals surface area contributed by atoms with Gasteiger partial charge in [-0.25, -0.2) is 4.98 Å². The SMILES string of the molecule is CC1(C)OB(/C=C/c2cc(N)cnc2Cl)OC1(C)C. The van der Waals surface area contributed by atoms with Gasteiger partial charge in [0.05, 0.1) is 23.1 Å². The third kappa shape index (κ3) is 2.94. The van der Waals surface area contributed by atoms with Crippen LogP contribution in [0.4, 0.5) is 5.69 Å². The predicted molar refractivity (Wildman–Crippen MR) is 78.8 cm³/mol. The summed E-state index contributed by atoms with van der Waals surface area (Å²) in [7, 11) is -0.400. The first-order valence-corrected chi connectivity index (χ1v) is 6.54. The molecule has 0 atom stereocenters. The Morgan fingerprint density at radius 3 is 2.42 bits per heavy atom. The van der Waals surface area contributed by atoms with Gasteiger partial charge < -0.3 is 15.0 Å². The normalized spacial score (nSPS) is 21.2. The summed E-state index contributed by atoms with van der Waals surface area (Å²) in [4.78, 5) is 3.99. The van der Waals surface area contributed by atoms with Crippen molar-refractivity contribution in [3.05, 3.63) is 29.0 Å². The quantitative estimate of drug-likeness (QED) is 0.668. The minimum atomic E-state index is -0.400. The van der Waals surface area contributed by atoms with E-state index < -0.39 is 7.12 Å². The molecule has 2 heterocycles. The van der Waals surface area contributed by atoms with E-state index in [1.54, 1.807) is 6.07 Å². The molecule has 0 bridgehead atoms. The van der Waals surface area contributed by atoms with Crippen molar-refractivity contribution in [2.24, 2.45) is 0 Å². The Hall–Kier alpha value is -1.04. The van der Waals surface area contributed by atoms with E-state index in [4.69, 9.17) is 26.6 Å². The van der Waals surface area contributed by atoms with Crippen LogP contribution in [0.3, 0.4) is 0 Å². The lowest BCUT2D eigenvalue weighted by Gasteiger charge is -2.32. The number of halogens is 1. The van der Waals surface area contributed by atoms with E-state index in [-0.39, 0.29) is 11.2 Å². The molecule has 0 spiro atoms. The molecule has 1 aliphatic heterocycles. The first-order chi connectivity index (χ1) is 8.71. The molecule has 0 amide bonds. The average molecular weight is 281 g/mol. The summed E-state index contributed by atoms with van der Waals surface area (Å²) in [6.45, 7) is 8.04. The van der Waals surface area contributed by atoms with Crippen molar-refractivity contribution in [3.8, 4) is 0 Å². The molecule has 0 aliphatic carbocycles. The Morgan fingerprint density at radius 1 is 1.26 bits per heavy atom. The molecule has 2 N–H and O–H groups in total. The molecule has 2 rings (SSSR count). The van der Waals surface area contributed by atoms with Gasteiger partial charge in [0.25, 0.3) is 0 Å². The second kappa shape index (κ2) is 4.82. The highest BCUT2D eigenvalue weighted by Crippen LogP contribution is 2.37. The lowest BCUT2D eigenvalue weighted by Crippen LogP contribution is -2.41. The van der Waals surface area contributed by atoms with Crippen molar-refractivity contribution in [2.75, 3.05) is 5.73 Å². The van der Waals surface area contributed by atoms with Gasteiger partial charge in [-0.15, -0.1) is 0 Å². The molecule has 19 heavy (non-hydrogen) atoms. The van der Waals surface area contributed by atoms with Gasteiger partial charge in [-0.05, 0) is 33.8 Å². The summed E-state index contributed by atoms with van der Waals surface area (Å²) in [5.41, 5.74) is 6.30. The van der Waals surface area contributed by atoms with Crippen LogP contribution in [-0.2, 0) is 9.31 Å². The van der Waals surface area contributed by atoms with Crippen LogP contribution in [0.5, 0.6) is 0 Å². The van der Waals surface area contributed by atoms with Crippen molar-refractivity contribution in [3.63, 3.8) is 0 Å². The van der Waals surface area contributed by atoms with E-state index in [0.29, 0.717) is 10.8 Å². The van der Waals surface area contributed by atoms with Crippen LogP contribution < -0.4 is 5.73 Å². The third-order valence-corrected chi connectivity index (χ3v) is 3.91. The van der Waals surface area contributed by atoms with Crippen LogP contribution in [0.2, 0.25) is 5.15 Å². The fraction of sp³-hybridized carbons (Fsp3) is 0.462. The molecule has 1 aromatic heterocycles. The Labute approximate surface area is 119 Å². The number of nitrogens with two attached hydrogens (primary N) is 1. The molecule has 1 saturated heterocycles. The van der Waals surface area contributed by atoms with E-state index in [9.17, 15) is 0 Å². The standard InChI is InChI=1S/C13H18BClN2O2/c1-12(2)13(3,4)19-14(18-12)6-5-9-7-10(16)8-17-11(9)15/h5-8H,16H2,1-4H3/b6-5+. The Morgan fingerprint density at radius 2 is 1.84 bits per heavy atom. The van der Waals surface area contributed by atoms with Crippen molar-refractivity contribution in [1.29, 1.82) is 0 Å². The predicted octanol–water partition coefficient (Wildman–Crippen LogP) is 2.96. The summed E-state index contributed by atoms with van der Waals surface area (Å²) < 4.78 is 11.7. The lowest BCUT2D eigenvalue weighted by atomic mass is 9.89. The van der Waals surface area contributed by atoms with Crippen molar-refractivity contribution < 1.29 is 9.31 Å². The first-order valence-electron chi connectivity index (χ1n) is 6.16. The fourth-order valence-electron chi connectivity index (χ4n) is 1.75. The topological polar surface area (TPSA) is 57.4 Å². The molecule has 0 radical (unpaired) electrons. The summed E-state index contributed by atoms with van der Waals surface area (Å²) in [5.74, 6) is 1.82. The van der Waals surface area contributed by atoms with Gasteiger partial charge in [-0.1, -0.05) is 23.7 Å². The van der Waals surface area contributed by atoms with E-state index in [1.807, 2.05) is 39.7 Å². The maximum atomic E-state index is 5.99. The first kappa shape index (κ1) is 14.4. The summed E-state index contributed by atoms with van der Waals surface area (Å²) in [5, 5.41) is 0.405. The van der Waals surface area contributed by atoms with Crippen molar-refractivity contribution >= 4 is 30.5 Å². The van der Waals surface area contributed by atoms with E-state index in [0.717, 1.165) is 5.56 Å². The molecule has 1 fully saturated rings. The van der Waals surface area contributed by atoms with Gasteiger partial charge in [0, 0.05) is 5.56 Å². The molecular formula is C13H18BClN2O2. The second-order valence-corrected chi connectivity index (χ2v) is 5.99. The summed E-state index contributed by atoms with van der Waals surface area (Å²) >= 11 is 5.99. The Balaban J connectivity index is 2.15. The van der Waals surface area contributed by atoms with Gasteiger partial charge in [-0.3, -0.25) is 0 Å². The number of nitrogens with zero attached hydrogens (tertiary/aromatic N) is 1. The number of aromatic nitrogens is 1. The van der Waals surface area contributed by atoms with Crippen LogP contribution in [0.15, 0.2) is 18.2 Å². The third-order valence-electron chi connectivity index (χ3n) is 3.59. The zero-order valence-corrected chi connectivity index (χ0v) is 12.4. The largest absolute Gasteiger partial charge is 0.487 e. The van der Waals surface area contributed by atoms with Gasteiger partial charge in [0.1, 0.15) is 5.15 Å². The second-order valence-electron chi connectivity index (χ2n) is 5.63. The summed E-state index contributed by atoms with van der Waals surface area (Å²) in [6, 6.07) is 1.76. The molecule has 1 aliphatic rings. The smallest absolute Gasteiger partial charge is 0.400 e. The molecule has 6 heteroatoms. The number of hydrogen-bond acceptors (Lipinski definition) is 4. The van der Waals surface area contributed by atoms with Crippen LogP contribution in [0.25, 0.3) is 6.08 Å². The molecule has 0 saturated carbocycles. The number of rotatable bonds is 2. The molecule has 0 unspecified atom stereocenters. The summed E-state index contributed by atoms with van der Waals surface area (Å²) in [6.07, 6.45) is 3.34. The minimum Gasteiger partial charge on any atom is -0.400 e. The highest BCUT2D eigenvalue weighted by atomic mass is 35.5. The van der Waals surface area contributed by atoms with Crippen LogP contribution in [0.1, 0.15) is 33.3 Å². The maximum Gasteiger partial charge on any atom is 0.487 e. The molecule has 1 aromatic rings. The molecular weight excluding hydrogens is 262 g/mol. The van der Waals surface area contributed by atoms with E-state index in [2.05, 4.69) is 4.98 Å². The van der Waals surface area contributed by atoms with Gasteiger partial charge in [0.15, 0.2) is 0 Å². The maximum absolute atomic E-state index is 5.99. The monoisotopic (exact) mass is 280 g/mol. The minimum absolute atomic E-state index is 0.347. The zero-order valence-electron chi connectivity index (χ0n) is 11.6. The number of pyridine rings is 1. The number of nitrogen functional groups attached to an aromatic ring is 1. The van der Waals surface area contributed by atoms with Crippen molar-refractivity contribution in [1.82, 2.24) is 4.98 Å². The van der Waals surface area contributed by atoms with E-state index in [1.165, 1.54) is 6.20 Å². The Bertz CT molecular complexity index is 501. The zero-order chi connectivity index (χ0) is 14.3. The van der Waals surface area contributed by atoms with Gasteiger partial charge in [0.2, 0.25) is 0 Å². The van der Waals surface area contributed by atoms with Crippen LogP contribution in [0, 0.1) is 0 Å². The van der Waals surface area contributed by atoms with Crippen LogP contribution in [-0.4, -0.2) is 23.3 Å². The number of anilines is 1. The van der Waals surface area contributed by atoms with Crippen molar-refractivity contribution in [2.45, 2.75) is 38.9 Å². The fourth-order valence-corrected chi connectivity index (χ4v) is 1.91.